The lowest BCUT2D eigenvalue weighted by Crippen LogP contribution is -2.48. The summed E-state index contributed by atoms with van der Waals surface area (Å²) in [7, 11) is -2.01. The van der Waals surface area contributed by atoms with Crippen molar-refractivity contribution in [3.8, 4) is 5.75 Å². The third kappa shape index (κ3) is 3.44. The molecule has 0 spiro atoms. The van der Waals surface area contributed by atoms with Crippen LogP contribution in [0.1, 0.15) is 6.92 Å². The number of methoxy groups -OCH3 is 1. The number of aliphatic imine (C=N–C) groups is 2. The van der Waals surface area contributed by atoms with Crippen LogP contribution in [0.25, 0.3) is 0 Å². The summed E-state index contributed by atoms with van der Waals surface area (Å²) in [5.74, 6) is 2.31. The summed E-state index contributed by atoms with van der Waals surface area (Å²) in [4.78, 5) is 13.5. The molecule has 0 amide bonds. The first-order valence-corrected chi connectivity index (χ1v) is 10.4. The van der Waals surface area contributed by atoms with Gasteiger partial charge in [-0.05, 0) is 19.1 Å². The number of ether oxygens (including phenoxy) is 1. The summed E-state index contributed by atoms with van der Waals surface area (Å²) < 4.78 is 32.5. The Hall–Kier alpha value is -2.39. The van der Waals surface area contributed by atoms with Crippen LogP contribution in [-0.2, 0) is 10.0 Å². The van der Waals surface area contributed by atoms with Crippen molar-refractivity contribution in [2.24, 2.45) is 9.98 Å². The lowest BCUT2D eigenvalue weighted by Gasteiger charge is -2.36. The maximum absolute atomic E-state index is 12.9. The molecule has 27 heavy (non-hydrogen) atoms. The average molecular weight is 389 g/mol. The van der Waals surface area contributed by atoms with Gasteiger partial charge in [-0.2, -0.15) is 4.31 Å². The minimum Gasteiger partial charge on any atom is -0.497 e. The topological polar surface area (TPSA) is 77.8 Å². The molecule has 1 aromatic rings. The Morgan fingerprint density at radius 2 is 1.96 bits per heavy atom. The minimum atomic E-state index is -3.53. The number of amidine groups is 1. The minimum absolute atomic E-state index is 0.259. The molecular weight excluding hydrogens is 366 g/mol. The number of hydrogen-bond acceptors (Lipinski definition) is 7. The molecule has 1 saturated heterocycles. The molecule has 3 heterocycles. The second kappa shape index (κ2) is 6.97. The fraction of sp³-hybridized carbons (Fsp3) is 0.444. The third-order valence-electron chi connectivity index (χ3n) is 4.94. The first kappa shape index (κ1) is 18.0. The Morgan fingerprint density at radius 1 is 1.19 bits per heavy atom. The van der Waals surface area contributed by atoms with Crippen molar-refractivity contribution < 1.29 is 13.2 Å². The Bertz CT molecular complexity index is 917. The number of nitrogens with zero attached hydrogens (tertiary/aromatic N) is 5. The van der Waals surface area contributed by atoms with Gasteiger partial charge in [0.2, 0.25) is 10.0 Å². The molecule has 3 aliphatic heterocycles. The van der Waals surface area contributed by atoms with Crippen molar-refractivity contribution in [3.05, 3.63) is 36.2 Å². The van der Waals surface area contributed by atoms with E-state index < -0.39 is 10.0 Å². The van der Waals surface area contributed by atoms with E-state index in [0.29, 0.717) is 31.9 Å². The van der Waals surface area contributed by atoms with Crippen molar-refractivity contribution >= 4 is 22.2 Å². The maximum atomic E-state index is 12.9. The van der Waals surface area contributed by atoms with Gasteiger partial charge in [-0.3, -0.25) is 4.99 Å². The molecule has 0 N–H and O–H groups in total. The molecule has 144 valence electrons. The van der Waals surface area contributed by atoms with Crippen LogP contribution in [0.4, 0.5) is 0 Å². The lowest BCUT2D eigenvalue weighted by atomic mass is 10.3. The van der Waals surface area contributed by atoms with Crippen molar-refractivity contribution in [2.45, 2.75) is 17.9 Å². The summed E-state index contributed by atoms with van der Waals surface area (Å²) in [6.45, 7) is 4.95. The molecular formula is C18H23N5O3S. The Labute approximate surface area is 159 Å². The molecule has 0 bridgehead atoms. The smallest absolute Gasteiger partial charge is 0.243 e. The van der Waals surface area contributed by atoms with Crippen LogP contribution in [0.5, 0.6) is 5.75 Å². The van der Waals surface area contributed by atoms with E-state index >= 15 is 0 Å². The Kier molecular flexibility index (Phi) is 4.65. The molecule has 1 atom stereocenters. The highest BCUT2D eigenvalue weighted by molar-refractivity contribution is 7.89. The molecule has 1 aromatic carbocycles. The number of hydrogen-bond donors (Lipinski definition) is 0. The highest BCUT2D eigenvalue weighted by Crippen LogP contribution is 2.24. The quantitative estimate of drug-likeness (QED) is 0.767. The summed E-state index contributed by atoms with van der Waals surface area (Å²) >= 11 is 0. The van der Waals surface area contributed by atoms with Crippen molar-refractivity contribution in [3.63, 3.8) is 0 Å². The van der Waals surface area contributed by atoms with Crippen LogP contribution >= 0.6 is 0 Å². The van der Waals surface area contributed by atoms with Crippen molar-refractivity contribution in [2.75, 3.05) is 39.8 Å². The number of rotatable bonds is 4. The molecule has 4 rings (SSSR count). The number of piperazine rings is 1. The number of benzene rings is 1. The average Bonchev–Trinajstić information content (AvgIpc) is 3.07. The zero-order chi connectivity index (χ0) is 19.0. The van der Waals surface area contributed by atoms with E-state index in [2.05, 4.69) is 21.8 Å². The highest BCUT2D eigenvalue weighted by Gasteiger charge is 2.31. The molecule has 0 aromatic heterocycles. The van der Waals surface area contributed by atoms with E-state index in [1.807, 2.05) is 17.3 Å². The fourth-order valence-corrected chi connectivity index (χ4v) is 4.93. The van der Waals surface area contributed by atoms with Gasteiger partial charge in [0.15, 0.2) is 0 Å². The van der Waals surface area contributed by atoms with Gasteiger partial charge < -0.3 is 14.5 Å². The Balaban J connectivity index is 1.45. The van der Waals surface area contributed by atoms with Crippen LogP contribution in [0, 0.1) is 0 Å². The molecule has 9 heteroatoms. The van der Waals surface area contributed by atoms with E-state index in [1.54, 1.807) is 24.3 Å². The Morgan fingerprint density at radius 3 is 2.70 bits per heavy atom. The molecule has 0 saturated carbocycles. The van der Waals surface area contributed by atoms with Gasteiger partial charge in [0.1, 0.15) is 17.4 Å². The van der Waals surface area contributed by atoms with E-state index in [1.165, 1.54) is 11.4 Å². The second-order valence-electron chi connectivity index (χ2n) is 6.81. The first-order chi connectivity index (χ1) is 13.0. The number of sulfonamides is 1. The van der Waals surface area contributed by atoms with Crippen LogP contribution in [0.3, 0.4) is 0 Å². The van der Waals surface area contributed by atoms with Gasteiger partial charge in [-0.1, -0.05) is 6.07 Å². The van der Waals surface area contributed by atoms with Gasteiger partial charge in [0.25, 0.3) is 0 Å². The van der Waals surface area contributed by atoms with Crippen molar-refractivity contribution in [1.82, 2.24) is 14.1 Å². The molecule has 0 radical (unpaired) electrons. The summed E-state index contributed by atoms with van der Waals surface area (Å²) in [5.41, 5.74) is 0. The third-order valence-corrected chi connectivity index (χ3v) is 6.83. The van der Waals surface area contributed by atoms with Crippen molar-refractivity contribution in [1.29, 1.82) is 0 Å². The monoisotopic (exact) mass is 389 g/mol. The van der Waals surface area contributed by atoms with Gasteiger partial charge in [-0.25, -0.2) is 13.4 Å². The van der Waals surface area contributed by atoms with E-state index in [4.69, 9.17) is 4.74 Å². The lowest BCUT2D eigenvalue weighted by molar-refractivity contribution is 0.227. The summed E-state index contributed by atoms with van der Waals surface area (Å²) in [5, 5.41) is 0. The van der Waals surface area contributed by atoms with Crippen LogP contribution in [0.2, 0.25) is 0 Å². The molecule has 1 unspecified atom stereocenters. The van der Waals surface area contributed by atoms with Crippen LogP contribution < -0.4 is 4.74 Å². The van der Waals surface area contributed by atoms with Gasteiger partial charge in [0, 0.05) is 44.9 Å². The van der Waals surface area contributed by atoms with Gasteiger partial charge in [0.05, 0.1) is 24.4 Å². The summed E-state index contributed by atoms with van der Waals surface area (Å²) in [6.07, 6.45) is 3.80. The van der Waals surface area contributed by atoms with Gasteiger partial charge >= 0.3 is 0 Å². The number of fused-ring (bicyclic) bond motifs is 1. The van der Waals surface area contributed by atoms with E-state index in [-0.39, 0.29) is 10.9 Å². The van der Waals surface area contributed by atoms with E-state index in [0.717, 1.165) is 18.2 Å². The largest absolute Gasteiger partial charge is 0.497 e. The maximum Gasteiger partial charge on any atom is 0.243 e. The SMILES string of the molecule is COc1cccc(S(=O)(=O)N2CCN(C3=CC4=NC(C)CN4C=N3)CC2)c1. The van der Waals surface area contributed by atoms with Crippen LogP contribution in [-0.4, -0.2) is 80.6 Å². The predicted molar refractivity (Wildman–Crippen MR) is 104 cm³/mol. The predicted octanol–water partition coefficient (Wildman–Crippen LogP) is 0.987. The second-order valence-corrected chi connectivity index (χ2v) is 8.74. The molecule has 8 nitrogen and oxygen atoms in total. The van der Waals surface area contributed by atoms with E-state index in [9.17, 15) is 8.42 Å². The van der Waals surface area contributed by atoms with Crippen LogP contribution in [0.15, 0.2) is 51.0 Å². The normalized spacial score (nSPS) is 23.1. The molecule has 3 aliphatic rings. The highest BCUT2D eigenvalue weighted by atomic mass is 32.2. The fourth-order valence-electron chi connectivity index (χ4n) is 3.47. The first-order valence-electron chi connectivity index (χ1n) is 8.97. The zero-order valence-corrected chi connectivity index (χ0v) is 16.3. The van der Waals surface area contributed by atoms with Gasteiger partial charge in [-0.15, -0.1) is 0 Å². The summed E-state index contributed by atoms with van der Waals surface area (Å²) in [6, 6.07) is 6.86. The molecule has 0 aliphatic carbocycles. The standard InChI is InChI=1S/C18H23N5O3S/c1-14-12-22-13-19-17(11-18(22)20-14)21-6-8-23(9-7-21)27(24,25)16-5-3-4-15(10-16)26-2/h3-5,10-11,13-14H,6-9,12H2,1-2H3. The zero-order valence-electron chi connectivity index (χ0n) is 15.4. The molecule has 1 fully saturated rings.